The molecular formula is C27H25ClN4O2. The minimum Gasteiger partial charge on any atom is -0.366 e. The molecule has 7 heteroatoms. The van der Waals surface area contributed by atoms with Gasteiger partial charge in [0.25, 0.3) is 5.56 Å². The van der Waals surface area contributed by atoms with Crippen molar-refractivity contribution in [3.8, 4) is 28.1 Å². The topological polar surface area (TPSA) is 71.9 Å². The van der Waals surface area contributed by atoms with Crippen LogP contribution in [0.4, 0.5) is 0 Å². The van der Waals surface area contributed by atoms with Gasteiger partial charge in [-0.05, 0) is 79.9 Å². The summed E-state index contributed by atoms with van der Waals surface area (Å²) >= 11 is 6.02. The summed E-state index contributed by atoms with van der Waals surface area (Å²) in [4.78, 5) is 16.4. The maximum Gasteiger partial charge on any atom is 0.282 e. The number of fused-ring (bicyclic) bond motifs is 1. The van der Waals surface area contributed by atoms with Gasteiger partial charge in [-0.3, -0.25) is 4.79 Å². The zero-order valence-corrected chi connectivity index (χ0v) is 19.7. The molecule has 172 valence electrons. The number of piperidine rings is 1. The van der Waals surface area contributed by atoms with E-state index in [0.717, 1.165) is 42.8 Å². The first-order valence-electron chi connectivity index (χ1n) is 11.6. The Morgan fingerprint density at radius 2 is 1.74 bits per heavy atom. The Labute approximate surface area is 202 Å². The Morgan fingerprint density at radius 3 is 2.47 bits per heavy atom. The molecule has 0 saturated carbocycles. The molecule has 2 N–H and O–H groups in total. The third-order valence-corrected chi connectivity index (χ3v) is 7.19. The third kappa shape index (κ3) is 3.59. The summed E-state index contributed by atoms with van der Waals surface area (Å²) in [6, 6.07) is 15.6. The standard InChI is InChI=1S/C27H25ClN4O2/c1-17-24(25-23(15-30-17)26(33)32(31-25)22-8-6-21(28)7-9-22)19-4-2-18(3-5-19)20-14-27(34-16-20)10-12-29-13-11-27/h2-9,14-15,29-30H,10-13,16H2,1H3. The number of H-pyrrole nitrogens is 1. The summed E-state index contributed by atoms with van der Waals surface area (Å²) in [6.07, 6.45) is 6.09. The maximum absolute atomic E-state index is 13.1. The molecule has 2 aromatic rings. The van der Waals surface area contributed by atoms with Crippen LogP contribution in [-0.4, -0.2) is 40.1 Å². The quantitative estimate of drug-likeness (QED) is 0.448. The van der Waals surface area contributed by atoms with Gasteiger partial charge < -0.3 is 15.0 Å². The number of halogens is 1. The number of pyridine rings is 1. The fourth-order valence-electron chi connectivity index (χ4n) is 5.05. The van der Waals surface area contributed by atoms with Crippen LogP contribution in [0.2, 0.25) is 5.02 Å². The van der Waals surface area contributed by atoms with E-state index in [4.69, 9.17) is 21.4 Å². The average Bonchev–Trinajstić information content (AvgIpc) is 3.41. The van der Waals surface area contributed by atoms with E-state index in [1.165, 1.54) is 15.8 Å². The minimum absolute atomic E-state index is 0.116. The number of nitrogens with zero attached hydrogens (tertiary/aromatic N) is 2. The molecule has 0 unspecified atom stereocenters. The Balaban J connectivity index is 1.38. The predicted octanol–water partition coefficient (Wildman–Crippen LogP) is 4.83. The van der Waals surface area contributed by atoms with Crippen LogP contribution < -0.4 is 10.9 Å². The fourth-order valence-corrected chi connectivity index (χ4v) is 5.17. The van der Waals surface area contributed by atoms with Gasteiger partial charge in [-0.1, -0.05) is 35.9 Å². The Hall–Kier alpha value is -3.19. The van der Waals surface area contributed by atoms with Crippen molar-refractivity contribution >= 4 is 17.2 Å². The molecule has 34 heavy (non-hydrogen) atoms. The van der Waals surface area contributed by atoms with Gasteiger partial charge in [-0.2, -0.15) is 9.78 Å². The number of ether oxygens (including phenoxy) is 1. The highest BCUT2D eigenvalue weighted by molar-refractivity contribution is 6.30. The first kappa shape index (κ1) is 21.4. The van der Waals surface area contributed by atoms with Gasteiger partial charge in [0.2, 0.25) is 0 Å². The minimum atomic E-state index is -0.160. The van der Waals surface area contributed by atoms with Crippen molar-refractivity contribution < 1.29 is 4.74 Å². The summed E-state index contributed by atoms with van der Waals surface area (Å²) < 4.78 is 7.65. The first-order valence-corrected chi connectivity index (χ1v) is 11.9. The molecule has 0 bridgehead atoms. The molecule has 1 spiro atoms. The van der Waals surface area contributed by atoms with E-state index in [9.17, 15) is 4.79 Å². The van der Waals surface area contributed by atoms with Crippen molar-refractivity contribution in [3.05, 3.63) is 87.4 Å². The van der Waals surface area contributed by atoms with Crippen LogP contribution in [0.3, 0.4) is 0 Å². The normalized spacial score (nSPS) is 17.4. The summed E-state index contributed by atoms with van der Waals surface area (Å²) in [5.74, 6) is 0. The van der Waals surface area contributed by atoms with Gasteiger partial charge in [-0.25, -0.2) is 0 Å². The van der Waals surface area contributed by atoms with Crippen molar-refractivity contribution in [2.45, 2.75) is 25.4 Å². The summed E-state index contributed by atoms with van der Waals surface area (Å²) in [7, 11) is 0. The molecule has 4 heterocycles. The second kappa shape index (κ2) is 8.24. The Morgan fingerprint density at radius 1 is 1.03 bits per heavy atom. The highest BCUT2D eigenvalue weighted by Gasteiger charge is 2.35. The van der Waals surface area contributed by atoms with Gasteiger partial charge in [0.15, 0.2) is 0 Å². The van der Waals surface area contributed by atoms with E-state index in [2.05, 4.69) is 40.6 Å². The number of aryl methyl sites for hydroxylation is 1. The van der Waals surface area contributed by atoms with Crippen LogP contribution in [0.25, 0.3) is 33.6 Å². The fraction of sp³-hybridized carbons (Fsp3) is 0.259. The molecule has 0 radical (unpaired) electrons. The van der Waals surface area contributed by atoms with E-state index in [1.807, 2.05) is 6.92 Å². The first-order chi connectivity index (χ1) is 16.5. The van der Waals surface area contributed by atoms with Gasteiger partial charge >= 0.3 is 0 Å². The van der Waals surface area contributed by atoms with Crippen molar-refractivity contribution in [1.82, 2.24) is 20.1 Å². The van der Waals surface area contributed by atoms with Crippen LogP contribution in [0.15, 0.2) is 65.6 Å². The monoisotopic (exact) mass is 472 g/mol. The lowest BCUT2D eigenvalue weighted by molar-refractivity contribution is 0.00381. The zero-order valence-electron chi connectivity index (χ0n) is 18.9. The van der Waals surface area contributed by atoms with Gasteiger partial charge in [0.1, 0.15) is 5.69 Å². The summed E-state index contributed by atoms with van der Waals surface area (Å²) in [5, 5.41) is 8.73. The number of aromatic nitrogens is 3. The molecular weight excluding hydrogens is 448 g/mol. The van der Waals surface area contributed by atoms with Crippen molar-refractivity contribution in [3.63, 3.8) is 0 Å². The van der Waals surface area contributed by atoms with Crippen LogP contribution in [0, 0.1) is 6.92 Å². The summed E-state index contributed by atoms with van der Waals surface area (Å²) in [5.41, 5.74) is 6.96. The zero-order chi connectivity index (χ0) is 23.3. The lowest BCUT2D eigenvalue weighted by Crippen LogP contribution is -2.40. The average molecular weight is 473 g/mol. The smallest absolute Gasteiger partial charge is 0.282 e. The molecule has 4 aliphatic rings. The molecule has 0 aromatic heterocycles. The molecule has 1 fully saturated rings. The summed E-state index contributed by atoms with van der Waals surface area (Å²) in [6.45, 7) is 4.63. The van der Waals surface area contributed by atoms with Crippen molar-refractivity contribution in [2.24, 2.45) is 0 Å². The predicted molar refractivity (Wildman–Crippen MR) is 135 cm³/mol. The number of hydrogen-bond donors (Lipinski definition) is 2. The Bertz CT molecular complexity index is 1410. The van der Waals surface area contributed by atoms with Crippen molar-refractivity contribution in [1.29, 1.82) is 0 Å². The van der Waals surface area contributed by atoms with E-state index in [1.54, 1.807) is 30.5 Å². The molecule has 2 aromatic carbocycles. The van der Waals surface area contributed by atoms with Gasteiger partial charge in [0, 0.05) is 22.5 Å². The van der Waals surface area contributed by atoms with E-state index in [-0.39, 0.29) is 11.2 Å². The highest BCUT2D eigenvalue weighted by Crippen LogP contribution is 2.37. The molecule has 6 rings (SSSR count). The highest BCUT2D eigenvalue weighted by atomic mass is 35.5. The molecule has 6 nitrogen and oxygen atoms in total. The van der Waals surface area contributed by atoms with Crippen LogP contribution in [0.5, 0.6) is 0 Å². The number of benzene rings is 2. The Kier molecular flexibility index (Phi) is 5.17. The molecule has 0 aliphatic carbocycles. The number of rotatable bonds is 3. The second-order valence-electron chi connectivity index (χ2n) is 9.09. The third-order valence-electron chi connectivity index (χ3n) is 6.94. The van der Waals surface area contributed by atoms with Crippen LogP contribution >= 0.6 is 11.6 Å². The lowest BCUT2D eigenvalue weighted by Gasteiger charge is -2.31. The number of hydrogen-bond acceptors (Lipinski definition) is 4. The van der Waals surface area contributed by atoms with E-state index >= 15 is 0 Å². The molecule has 4 aliphatic heterocycles. The maximum atomic E-state index is 13.1. The van der Waals surface area contributed by atoms with Gasteiger partial charge in [-0.15, -0.1) is 0 Å². The molecule has 1 saturated heterocycles. The molecule has 0 amide bonds. The van der Waals surface area contributed by atoms with E-state index < -0.39 is 0 Å². The van der Waals surface area contributed by atoms with Crippen LogP contribution in [-0.2, 0) is 4.74 Å². The SMILES string of the molecule is Cc1[nH]cc2c(=O)n(-c3ccc(Cl)cc3)nc-2c1-c1ccc(C2=CC3(CCNCC3)OC2)cc1. The van der Waals surface area contributed by atoms with E-state index in [0.29, 0.717) is 28.6 Å². The second-order valence-corrected chi connectivity index (χ2v) is 9.53. The molecule has 0 atom stereocenters. The largest absolute Gasteiger partial charge is 0.366 e. The van der Waals surface area contributed by atoms with Crippen LogP contribution in [0.1, 0.15) is 24.1 Å². The number of aromatic amines is 1. The van der Waals surface area contributed by atoms with Gasteiger partial charge in [0.05, 0.1) is 23.5 Å². The lowest BCUT2D eigenvalue weighted by atomic mass is 9.90. The van der Waals surface area contributed by atoms with Crippen molar-refractivity contribution in [2.75, 3.05) is 19.7 Å². The number of nitrogens with one attached hydrogen (secondary N) is 2.